The highest BCUT2D eigenvalue weighted by molar-refractivity contribution is 7.93. The molecule has 0 bridgehead atoms. The standard InChI is InChI=1S/C20H13ClF2N4O2S2/c21-15-8-12(6-7-16(15)22)17-18(23)30-20(26-17)27-31(28,29)19-14(9-13(24)10-25-19)11-4-2-1-3-5-11/h1-10H,24H2,(H,26,27). The number of hydrogen-bond acceptors (Lipinski definition) is 6. The van der Waals surface area contributed by atoms with Crippen molar-refractivity contribution in [2.24, 2.45) is 0 Å². The second-order valence-electron chi connectivity index (χ2n) is 6.36. The molecule has 0 spiro atoms. The van der Waals surface area contributed by atoms with Crippen molar-refractivity contribution in [3.63, 3.8) is 0 Å². The van der Waals surface area contributed by atoms with Crippen molar-refractivity contribution in [1.29, 1.82) is 0 Å². The number of nitrogens with zero attached hydrogens (tertiary/aromatic N) is 2. The summed E-state index contributed by atoms with van der Waals surface area (Å²) in [6.07, 6.45) is 1.22. The number of rotatable bonds is 5. The van der Waals surface area contributed by atoms with Crippen LogP contribution in [-0.2, 0) is 10.0 Å². The van der Waals surface area contributed by atoms with E-state index in [0.29, 0.717) is 16.9 Å². The van der Waals surface area contributed by atoms with Crippen molar-refractivity contribution in [2.45, 2.75) is 5.03 Å². The lowest BCUT2D eigenvalue weighted by Crippen LogP contribution is -2.16. The molecule has 0 saturated carbocycles. The quantitative estimate of drug-likeness (QED) is 0.411. The van der Waals surface area contributed by atoms with Crippen LogP contribution in [0.15, 0.2) is 65.8 Å². The average Bonchev–Trinajstić information content (AvgIpc) is 3.09. The first-order valence-corrected chi connectivity index (χ1v) is 11.4. The summed E-state index contributed by atoms with van der Waals surface area (Å²) in [5.74, 6) is -0.662. The van der Waals surface area contributed by atoms with Gasteiger partial charge in [-0.3, -0.25) is 4.72 Å². The van der Waals surface area contributed by atoms with Crippen molar-refractivity contribution >= 4 is 43.8 Å². The fourth-order valence-corrected chi connectivity index (χ4v) is 5.11. The molecule has 4 rings (SSSR count). The van der Waals surface area contributed by atoms with Gasteiger partial charge in [-0.2, -0.15) is 12.8 Å². The zero-order valence-electron chi connectivity index (χ0n) is 15.5. The smallest absolute Gasteiger partial charge is 0.281 e. The Kier molecular flexibility index (Phi) is 5.61. The zero-order valence-corrected chi connectivity index (χ0v) is 17.9. The van der Waals surface area contributed by atoms with Gasteiger partial charge in [-0.15, -0.1) is 0 Å². The van der Waals surface area contributed by atoms with Gasteiger partial charge in [0.25, 0.3) is 10.0 Å². The predicted octanol–water partition coefficient (Wildman–Crippen LogP) is 5.19. The van der Waals surface area contributed by atoms with E-state index in [1.54, 1.807) is 30.3 Å². The van der Waals surface area contributed by atoms with Gasteiger partial charge in [0.05, 0.1) is 16.9 Å². The Labute approximate surface area is 185 Å². The minimum atomic E-state index is -4.23. The molecule has 4 aromatic rings. The summed E-state index contributed by atoms with van der Waals surface area (Å²) >= 11 is 6.23. The first-order chi connectivity index (χ1) is 14.7. The van der Waals surface area contributed by atoms with Crippen molar-refractivity contribution in [1.82, 2.24) is 9.97 Å². The number of halogens is 3. The van der Waals surface area contributed by atoms with Crippen LogP contribution in [0, 0.1) is 10.9 Å². The summed E-state index contributed by atoms with van der Waals surface area (Å²) in [6, 6.07) is 13.8. The Hall–Kier alpha value is -3.08. The van der Waals surface area contributed by atoms with Crippen molar-refractivity contribution in [2.75, 3.05) is 10.5 Å². The minimum absolute atomic E-state index is 0.154. The maximum atomic E-state index is 14.5. The molecule has 0 aliphatic carbocycles. The van der Waals surface area contributed by atoms with E-state index in [1.165, 1.54) is 24.4 Å². The van der Waals surface area contributed by atoms with E-state index in [1.807, 2.05) is 0 Å². The van der Waals surface area contributed by atoms with Crippen LogP contribution >= 0.6 is 22.9 Å². The van der Waals surface area contributed by atoms with E-state index >= 15 is 0 Å². The highest BCUT2D eigenvalue weighted by Gasteiger charge is 2.24. The number of nitrogens with two attached hydrogens (primary N) is 1. The number of benzene rings is 2. The monoisotopic (exact) mass is 478 g/mol. The van der Waals surface area contributed by atoms with Gasteiger partial charge in [-0.05, 0) is 29.8 Å². The molecule has 0 radical (unpaired) electrons. The fraction of sp³-hybridized carbons (Fsp3) is 0. The molecule has 6 nitrogen and oxygen atoms in total. The third-order valence-corrected chi connectivity index (χ3v) is 6.69. The van der Waals surface area contributed by atoms with E-state index in [-0.39, 0.29) is 37.7 Å². The van der Waals surface area contributed by atoms with Gasteiger partial charge >= 0.3 is 0 Å². The van der Waals surface area contributed by atoms with Crippen molar-refractivity contribution in [3.8, 4) is 22.4 Å². The van der Waals surface area contributed by atoms with E-state index in [2.05, 4.69) is 14.7 Å². The summed E-state index contributed by atoms with van der Waals surface area (Å²) in [4.78, 5) is 7.98. The first kappa shape index (κ1) is 21.2. The molecule has 0 saturated heterocycles. The van der Waals surface area contributed by atoms with Gasteiger partial charge in [0.2, 0.25) is 5.13 Å². The second-order valence-corrected chi connectivity index (χ2v) is 9.32. The molecule has 3 N–H and O–H groups in total. The third-order valence-electron chi connectivity index (χ3n) is 4.21. The lowest BCUT2D eigenvalue weighted by atomic mass is 10.1. The van der Waals surface area contributed by atoms with Crippen molar-refractivity contribution < 1.29 is 17.2 Å². The lowest BCUT2D eigenvalue weighted by Gasteiger charge is -2.11. The molecule has 0 amide bonds. The molecule has 0 aliphatic heterocycles. The Bertz CT molecular complexity index is 1380. The fourth-order valence-electron chi connectivity index (χ4n) is 2.84. The number of pyridine rings is 1. The summed E-state index contributed by atoms with van der Waals surface area (Å²) < 4.78 is 56.1. The van der Waals surface area contributed by atoms with Crippen LogP contribution in [0.5, 0.6) is 0 Å². The van der Waals surface area contributed by atoms with Crippen LogP contribution in [0.4, 0.5) is 19.6 Å². The normalized spacial score (nSPS) is 11.5. The first-order valence-electron chi connectivity index (χ1n) is 8.70. The van der Waals surface area contributed by atoms with Crippen LogP contribution < -0.4 is 10.5 Å². The number of anilines is 2. The van der Waals surface area contributed by atoms with Crippen LogP contribution in [0.1, 0.15) is 0 Å². The van der Waals surface area contributed by atoms with Crippen LogP contribution in [0.25, 0.3) is 22.4 Å². The Morgan fingerprint density at radius 3 is 2.48 bits per heavy atom. The second kappa shape index (κ2) is 8.22. The number of nitrogens with one attached hydrogen (secondary N) is 1. The molecule has 0 atom stereocenters. The summed E-state index contributed by atoms with van der Waals surface area (Å²) in [5.41, 5.74) is 7.02. The lowest BCUT2D eigenvalue weighted by molar-refractivity contribution is 0.598. The van der Waals surface area contributed by atoms with Crippen LogP contribution in [-0.4, -0.2) is 18.4 Å². The van der Waals surface area contributed by atoms with Gasteiger partial charge in [0, 0.05) is 11.1 Å². The number of thiazole rings is 1. The van der Waals surface area contributed by atoms with E-state index in [0.717, 1.165) is 6.07 Å². The predicted molar refractivity (Wildman–Crippen MR) is 117 cm³/mol. The van der Waals surface area contributed by atoms with Crippen molar-refractivity contribution in [3.05, 3.63) is 76.8 Å². The molecule has 2 aromatic heterocycles. The van der Waals surface area contributed by atoms with Crippen LogP contribution in [0.3, 0.4) is 0 Å². The molecular weight excluding hydrogens is 466 g/mol. The van der Waals surface area contributed by atoms with Gasteiger partial charge in [-0.25, -0.2) is 14.4 Å². The van der Waals surface area contributed by atoms with E-state index in [9.17, 15) is 17.2 Å². The number of aromatic nitrogens is 2. The highest BCUT2D eigenvalue weighted by Crippen LogP contribution is 2.34. The minimum Gasteiger partial charge on any atom is -0.397 e. The number of sulfonamides is 1. The van der Waals surface area contributed by atoms with Gasteiger partial charge in [0.1, 0.15) is 11.5 Å². The summed E-state index contributed by atoms with van der Waals surface area (Å²) in [6.45, 7) is 0. The Morgan fingerprint density at radius 1 is 1.03 bits per heavy atom. The Morgan fingerprint density at radius 2 is 1.77 bits per heavy atom. The average molecular weight is 479 g/mol. The zero-order chi connectivity index (χ0) is 22.2. The Balaban J connectivity index is 1.72. The third kappa shape index (κ3) is 4.36. The molecule has 31 heavy (non-hydrogen) atoms. The molecule has 2 heterocycles. The molecule has 2 aromatic carbocycles. The SMILES string of the molecule is Nc1cnc(S(=O)(=O)Nc2nc(-c3ccc(F)c(Cl)c3)c(F)s2)c(-c2ccccc2)c1. The van der Waals surface area contributed by atoms with Crippen LogP contribution in [0.2, 0.25) is 5.02 Å². The van der Waals surface area contributed by atoms with E-state index < -0.39 is 21.0 Å². The number of hydrogen-bond donors (Lipinski definition) is 2. The largest absolute Gasteiger partial charge is 0.397 e. The summed E-state index contributed by atoms with van der Waals surface area (Å²) in [5, 5.41) is -1.46. The highest BCUT2D eigenvalue weighted by atomic mass is 35.5. The molecule has 0 aliphatic rings. The molecule has 158 valence electrons. The number of nitrogen functional groups attached to an aromatic ring is 1. The van der Waals surface area contributed by atoms with Gasteiger partial charge in [-0.1, -0.05) is 53.3 Å². The topological polar surface area (TPSA) is 98.0 Å². The summed E-state index contributed by atoms with van der Waals surface area (Å²) in [7, 11) is -4.23. The maximum absolute atomic E-state index is 14.5. The maximum Gasteiger partial charge on any atom is 0.281 e. The molecule has 11 heteroatoms. The molecular formula is C20H13ClF2N4O2S2. The van der Waals surface area contributed by atoms with Gasteiger partial charge in [0.15, 0.2) is 10.2 Å². The molecule has 0 unspecified atom stereocenters. The molecule has 0 fully saturated rings. The van der Waals surface area contributed by atoms with E-state index in [4.69, 9.17) is 17.3 Å². The van der Waals surface area contributed by atoms with Gasteiger partial charge < -0.3 is 5.73 Å².